The summed E-state index contributed by atoms with van der Waals surface area (Å²) in [5.74, 6) is 0. The summed E-state index contributed by atoms with van der Waals surface area (Å²) in [6, 6.07) is 6.31. The number of rotatable bonds is 8. The van der Waals surface area contributed by atoms with E-state index in [0.717, 1.165) is 5.56 Å². The average molecular weight is 384 g/mol. The fourth-order valence-electron chi connectivity index (χ4n) is 1.97. The molecule has 0 aliphatic carbocycles. The molecule has 0 atom stereocenters. The summed E-state index contributed by atoms with van der Waals surface area (Å²) in [5.41, 5.74) is -0.168. The molecular formula is C19H29NO5S. The molecule has 0 radical (unpaired) electrons. The Kier molecular flexibility index (Phi) is 7.41. The molecule has 0 saturated carbocycles. The first-order valence-corrected chi connectivity index (χ1v) is 9.84. The Balaban J connectivity index is 2.53. The zero-order valence-corrected chi connectivity index (χ0v) is 17.0. The molecule has 1 N–H and O–H groups in total. The van der Waals surface area contributed by atoms with Gasteiger partial charge in [0, 0.05) is 6.54 Å². The van der Waals surface area contributed by atoms with Crippen LogP contribution in [-0.4, -0.2) is 33.3 Å². The van der Waals surface area contributed by atoms with E-state index in [9.17, 15) is 13.2 Å². The zero-order chi connectivity index (χ0) is 20.0. The highest BCUT2D eigenvalue weighted by Crippen LogP contribution is 2.23. The van der Waals surface area contributed by atoms with Gasteiger partial charge in [-0.2, -0.15) is 8.42 Å². The number of carbonyl (C=O) groups is 1. The van der Waals surface area contributed by atoms with Gasteiger partial charge in [0.25, 0.3) is 10.1 Å². The highest BCUT2D eigenvalue weighted by atomic mass is 32.2. The van der Waals surface area contributed by atoms with Gasteiger partial charge in [-0.25, -0.2) is 4.79 Å². The first-order valence-electron chi connectivity index (χ1n) is 8.43. The summed E-state index contributed by atoms with van der Waals surface area (Å²) in [5, 5.41) is 2.66. The van der Waals surface area contributed by atoms with Crippen LogP contribution in [0.3, 0.4) is 0 Å². The third-order valence-corrected chi connectivity index (χ3v) is 4.76. The minimum atomic E-state index is -3.83. The smallest absolute Gasteiger partial charge is 0.407 e. The summed E-state index contributed by atoms with van der Waals surface area (Å²) >= 11 is 0. The van der Waals surface area contributed by atoms with E-state index >= 15 is 0 Å². The zero-order valence-electron chi connectivity index (χ0n) is 16.2. The molecule has 0 unspecified atom stereocenters. The number of hydrogen-bond acceptors (Lipinski definition) is 5. The highest BCUT2D eigenvalue weighted by molar-refractivity contribution is 7.86. The summed E-state index contributed by atoms with van der Waals surface area (Å²) in [7, 11) is -3.83. The quantitative estimate of drug-likeness (QED) is 0.687. The maximum absolute atomic E-state index is 12.3. The van der Waals surface area contributed by atoms with E-state index < -0.39 is 27.2 Å². The van der Waals surface area contributed by atoms with Gasteiger partial charge in [0.15, 0.2) is 0 Å². The van der Waals surface area contributed by atoms with Crippen LogP contribution < -0.4 is 5.32 Å². The van der Waals surface area contributed by atoms with Gasteiger partial charge in [-0.1, -0.05) is 38.6 Å². The molecule has 6 nitrogen and oxygen atoms in total. The van der Waals surface area contributed by atoms with Gasteiger partial charge in [0.2, 0.25) is 0 Å². The predicted octanol–water partition coefficient (Wildman–Crippen LogP) is 3.98. The number of hydrogen-bond donors (Lipinski definition) is 1. The minimum Gasteiger partial charge on any atom is -0.444 e. The van der Waals surface area contributed by atoms with E-state index in [1.807, 2.05) is 13.8 Å². The fraction of sp³-hybridized carbons (Fsp3) is 0.526. The maximum Gasteiger partial charge on any atom is 0.407 e. The molecule has 0 bridgehead atoms. The lowest BCUT2D eigenvalue weighted by atomic mass is 9.91. The van der Waals surface area contributed by atoms with Crippen molar-refractivity contribution in [2.75, 3.05) is 13.2 Å². The molecule has 1 amide bonds. The van der Waals surface area contributed by atoms with E-state index in [1.165, 1.54) is 12.1 Å². The van der Waals surface area contributed by atoms with Crippen molar-refractivity contribution in [3.05, 3.63) is 36.4 Å². The molecular weight excluding hydrogens is 354 g/mol. The van der Waals surface area contributed by atoms with Crippen molar-refractivity contribution in [3.8, 4) is 0 Å². The summed E-state index contributed by atoms with van der Waals surface area (Å²) in [6.07, 6.45) is 1.68. The number of alkyl carbamates (subject to hydrolysis) is 1. The molecule has 1 rings (SSSR count). The number of carbonyl (C=O) groups excluding carboxylic acids is 1. The Morgan fingerprint density at radius 1 is 1.15 bits per heavy atom. The molecule has 0 fully saturated rings. The van der Waals surface area contributed by atoms with E-state index in [2.05, 4.69) is 11.9 Å². The summed E-state index contributed by atoms with van der Waals surface area (Å²) in [6.45, 7) is 13.1. The van der Waals surface area contributed by atoms with Gasteiger partial charge in [-0.05, 0) is 50.3 Å². The van der Waals surface area contributed by atoms with E-state index in [1.54, 1.807) is 39.0 Å². The summed E-state index contributed by atoms with van der Waals surface area (Å²) < 4.78 is 34.9. The van der Waals surface area contributed by atoms with E-state index in [0.29, 0.717) is 13.0 Å². The molecule has 0 aliphatic heterocycles. The van der Waals surface area contributed by atoms with Crippen LogP contribution in [0.4, 0.5) is 4.79 Å². The maximum atomic E-state index is 12.3. The first-order chi connectivity index (χ1) is 11.8. The van der Waals surface area contributed by atoms with Crippen LogP contribution in [0, 0.1) is 5.41 Å². The second kappa shape index (κ2) is 8.68. The Morgan fingerprint density at radius 2 is 1.73 bits per heavy atom. The number of amides is 1. The van der Waals surface area contributed by atoms with Crippen LogP contribution in [0.5, 0.6) is 0 Å². The van der Waals surface area contributed by atoms with Crippen molar-refractivity contribution >= 4 is 22.3 Å². The lowest BCUT2D eigenvalue weighted by Crippen LogP contribution is -2.35. The van der Waals surface area contributed by atoms with Crippen LogP contribution in [-0.2, 0) is 19.0 Å². The molecule has 146 valence electrons. The molecule has 0 heterocycles. The highest BCUT2D eigenvalue weighted by Gasteiger charge is 2.24. The average Bonchev–Trinajstić information content (AvgIpc) is 2.51. The largest absolute Gasteiger partial charge is 0.444 e. The Bertz CT molecular complexity index is 715. The van der Waals surface area contributed by atoms with Gasteiger partial charge < -0.3 is 10.1 Å². The number of benzene rings is 1. The van der Waals surface area contributed by atoms with Crippen molar-refractivity contribution in [2.45, 2.75) is 51.5 Å². The predicted molar refractivity (Wildman–Crippen MR) is 102 cm³/mol. The monoisotopic (exact) mass is 383 g/mol. The Hall–Kier alpha value is -1.86. The summed E-state index contributed by atoms with van der Waals surface area (Å²) in [4.78, 5) is 11.7. The second-order valence-electron chi connectivity index (χ2n) is 7.83. The number of ether oxygens (including phenoxy) is 1. The first kappa shape index (κ1) is 22.2. The number of nitrogens with one attached hydrogen (secondary N) is 1. The van der Waals surface area contributed by atoms with Gasteiger partial charge in [0.1, 0.15) is 5.60 Å². The standard InChI is InChI=1S/C19H29NO5S/c1-7-15-8-10-16(11-9-15)26(22,23)24-14-19(5,6)12-13-20-17(21)25-18(2,3)4/h7-11H,1,12-14H2,2-6H3,(H,20,21). The molecule has 1 aromatic carbocycles. The molecule has 1 aromatic rings. The van der Waals surface area contributed by atoms with Crippen molar-refractivity contribution in [1.82, 2.24) is 5.32 Å². The van der Waals surface area contributed by atoms with Crippen LogP contribution in [0.15, 0.2) is 35.7 Å². The lowest BCUT2D eigenvalue weighted by Gasteiger charge is -2.25. The van der Waals surface area contributed by atoms with Crippen molar-refractivity contribution in [3.63, 3.8) is 0 Å². The van der Waals surface area contributed by atoms with Crippen molar-refractivity contribution in [1.29, 1.82) is 0 Å². The molecule has 7 heteroatoms. The second-order valence-corrected chi connectivity index (χ2v) is 9.45. The van der Waals surface area contributed by atoms with E-state index in [4.69, 9.17) is 8.92 Å². The molecule has 0 spiro atoms. The van der Waals surface area contributed by atoms with Crippen molar-refractivity contribution < 1.29 is 22.1 Å². The third-order valence-electron chi connectivity index (χ3n) is 3.48. The van der Waals surface area contributed by atoms with Crippen LogP contribution in [0.2, 0.25) is 0 Å². The van der Waals surface area contributed by atoms with Gasteiger partial charge in [0.05, 0.1) is 11.5 Å². The molecule has 0 saturated heterocycles. The molecule has 0 aliphatic rings. The third kappa shape index (κ3) is 8.01. The van der Waals surface area contributed by atoms with Crippen LogP contribution in [0.25, 0.3) is 6.08 Å². The van der Waals surface area contributed by atoms with Gasteiger partial charge in [-0.3, -0.25) is 4.18 Å². The van der Waals surface area contributed by atoms with Gasteiger partial charge in [-0.15, -0.1) is 0 Å². The minimum absolute atomic E-state index is 0.00847. The molecule has 0 aromatic heterocycles. The normalized spacial score (nSPS) is 12.5. The SMILES string of the molecule is C=Cc1ccc(S(=O)(=O)OCC(C)(C)CCNC(=O)OC(C)(C)C)cc1. The Labute approximate surface area is 156 Å². The topological polar surface area (TPSA) is 81.7 Å². The fourth-order valence-corrected chi connectivity index (χ4v) is 3.04. The molecule has 26 heavy (non-hydrogen) atoms. The Morgan fingerprint density at radius 3 is 2.23 bits per heavy atom. The van der Waals surface area contributed by atoms with Gasteiger partial charge >= 0.3 is 6.09 Å². The van der Waals surface area contributed by atoms with Crippen molar-refractivity contribution in [2.24, 2.45) is 5.41 Å². The van der Waals surface area contributed by atoms with E-state index in [-0.39, 0.29) is 11.5 Å². The lowest BCUT2D eigenvalue weighted by molar-refractivity contribution is 0.0517. The van der Waals surface area contributed by atoms with Crippen LogP contribution in [0.1, 0.15) is 46.6 Å². The van der Waals surface area contributed by atoms with Crippen LogP contribution >= 0.6 is 0 Å².